The molecule has 4 nitrogen and oxygen atoms in total. The van der Waals surface area contributed by atoms with E-state index in [0.29, 0.717) is 11.5 Å². The topological polar surface area (TPSA) is 80.7 Å². The van der Waals surface area contributed by atoms with Crippen molar-refractivity contribution in [1.82, 2.24) is 9.97 Å². The average Bonchev–Trinajstić information content (AvgIpc) is 2.68. The molecule has 1 aromatic carbocycles. The fraction of sp³-hybridized carbons (Fsp3) is 0. The number of aromatic nitrogens is 2. The summed E-state index contributed by atoms with van der Waals surface area (Å²) in [5, 5.41) is 2.11. The summed E-state index contributed by atoms with van der Waals surface area (Å²) in [5.74, 6) is 0.496. The normalized spacial score (nSPS) is 11.2. The van der Waals surface area contributed by atoms with Crippen LogP contribution in [0, 0.1) is 0 Å². The summed E-state index contributed by atoms with van der Waals surface area (Å²) >= 11 is 0. The lowest BCUT2D eigenvalue weighted by atomic mass is 10.1. The number of nitrogens with two attached hydrogens (primary N) is 2. The minimum absolute atomic E-state index is 0.496. The fourth-order valence-corrected chi connectivity index (χ4v) is 1.81. The number of hydrogen-bond donors (Lipinski definition) is 3. The van der Waals surface area contributed by atoms with Gasteiger partial charge in [0.15, 0.2) is 0 Å². The molecule has 15 heavy (non-hydrogen) atoms. The second-order valence-corrected chi connectivity index (χ2v) is 3.55. The van der Waals surface area contributed by atoms with Gasteiger partial charge >= 0.3 is 0 Å². The van der Waals surface area contributed by atoms with E-state index >= 15 is 0 Å². The zero-order chi connectivity index (χ0) is 10.4. The minimum Gasteiger partial charge on any atom is -0.396 e. The Kier molecular flexibility index (Phi) is 1.42. The van der Waals surface area contributed by atoms with Crippen LogP contribution < -0.4 is 11.5 Å². The molecule has 3 aromatic rings. The van der Waals surface area contributed by atoms with Crippen molar-refractivity contribution in [2.45, 2.75) is 0 Å². The number of rotatable bonds is 0. The van der Waals surface area contributed by atoms with Crippen LogP contribution in [0.4, 0.5) is 11.5 Å². The summed E-state index contributed by atoms with van der Waals surface area (Å²) in [4.78, 5) is 7.33. The second kappa shape index (κ2) is 2.63. The van der Waals surface area contributed by atoms with Gasteiger partial charge in [0.2, 0.25) is 0 Å². The Bertz CT molecular complexity index is 654. The van der Waals surface area contributed by atoms with Crippen LogP contribution in [-0.2, 0) is 0 Å². The van der Waals surface area contributed by atoms with Crippen molar-refractivity contribution in [3.63, 3.8) is 0 Å². The van der Waals surface area contributed by atoms with Gasteiger partial charge in [-0.25, -0.2) is 0 Å². The van der Waals surface area contributed by atoms with Gasteiger partial charge in [-0.1, -0.05) is 6.07 Å². The molecular formula is C11H10N4. The summed E-state index contributed by atoms with van der Waals surface area (Å²) in [6.45, 7) is 0. The molecule has 0 radical (unpaired) electrons. The smallest absolute Gasteiger partial charge is 0.124 e. The van der Waals surface area contributed by atoms with Gasteiger partial charge in [-0.15, -0.1) is 0 Å². The van der Waals surface area contributed by atoms with E-state index in [1.54, 1.807) is 6.20 Å². The summed E-state index contributed by atoms with van der Waals surface area (Å²) in [5.41, 5.74) is 14.0. The molecule has 0 aliphatic carbocycles. The van der Waals surface area contributed by atoms with Gasteiger partial charge in [-0.3, -0.25) is 4.98 Å². The summed E-state index contributed by atoms with van der Waals surface area (Å²) < 4.78 is 0. The van der Waals surface area contributed by atoms with E-state index in [1.165, 1.54) is 0 Å². The van der Waals surface area contributed by atoms with Crippen LogP contribution in [0.25, 0.3) is 21.8 Å². The number of hydrogen-bond acceptors (Lipinski definition) is 3. The SMILES string of the molecule is Nc1cc2ccc3nccc3c2[nH]c1N. The van der Waals surface area contributed by atoms with Crippen LogP contribution in [0.3, 0.4) is 0 Å². The molecule has 0 aliphatic heterocycles. The fourth-order valence-electron chi connectivity index (χ4n) is 1.81. The first-order chi connectivity index (χ1) is 7.25. The molecule has 0 unspecified atom stereocenters. The Morgan fingerprint density at radius 1 is 1.13 bits per heavy atom. The van der Waals surface area contributed by atoms with Crippen molar-refractivity contribution >= 4 is 33.3 Å². The van der Waals surface area contributed by atoms with E-state index in [0.717, 1.165) is 21.8 Å². The lowest BCUT2D eigenvalue weighted by Gasteiger charge is -2.05. The maximum absolute atomic E-state index is 5.74. The first-order valence-corrected chi connectivity index (χ1v) is 4.67. The van der Waals surface area contributed by atoms with E-state index in [2.05, 4.69) is 9.97 Å². The molecule has 4 heteroatoms. The van der Waals surface area contributed by atoms with E-state index in [9.17, 15) is 0 Å². The summed E-state index contributed by atoms with van der Waals surface area (Å²) in [6, 6.07) is 7.79. The summed E-state index contributed by atoms with van der Waals surface area (Å²) in [6.07, 6.45) is 1.78. The number of H-pyrrole nitrogens is 1. The van der Waals surface area contributed by atoms with Crippen LogP contribution in [-0.4, -0.2) is 9.97 Å². The highest BCUT2D eigenvalue weighted by Gasteiger charge is 2.04. The molecule has 0 saturated heterocycles. The molecule has 74 valence electrons. The zero-order valence-corrected chi connectivity index (χ0v) is 7.99. The van der Waals surface area contributed by atoms with Gasteiger partial charge in [0, 0.05) is 17.0 Å². The van der Waals surface area contributed by atoms with Crippen molar-refractivity contribution in [2.75, 3.05) is 11.5 Å². The number of nitrogen functional groups attached to an aromatic ring is 2. The Morgan fingerprint density at radius 3 is 2.87 bits per heavy atom. The van der Waals surface area contributed by atoms with Crippen LogP contribution >= 0.6 is 0 Å². The standard InChI is InChI=1S/C11H10N4/c12-8-5-6-1-2-9-7(3-4-14-9)10(6)15-11(8)13/h1-5,15H,12-13H2. The highest BCUT2D eigenvalue weighted by molar-refractivity contribution is 6.05. The predicted octanol–water partition coefficient (Wildman–Crippen LogP) is 1.88. The molecular weight excluding hydrogens is 188 g/mol. The molecule has 0 saturated carbocycles. The first kappa shape index (κ1) is 8.11. The number of aromatic amines is 1. The molecule has 5 N–H and O–H groups in total. The van der Waals surface area contributed by atoms with Gasteiger partial charge in [-0.2, -0.15) is 0 Å². The summed E-state index contributed by atoms with van der Waals surface area (Å²) in [7, 11) is 0. The van der Waals surface area contributed by atoms with Crippen LogP contribution in [0.1, 0.15) is 0 Å². The van der Waals surface area contributed by atoms with Gasteiger partial charge in [-0.05, 0) is 18.2 Å². The van der Waals surface area contributed by atoms with Gasteiger partial charge in [0.25, 0.3) is 0 Å². The maximum Gasteiger partial charge on any atom is 0.124 e. The van der Waals surface area contributed by atoms with E-state index in [-0.39, 0.29) is 0 Å². The molecule has 2 heterocycles. The Balaban J connectivity index is 2.57. The molecule has 0 amide bonds. The minimum atomic E-state index is 0.496. The zero-order valence-electron chi connectivity index (χ0n) is 7.99. The number of nitrogens with zero attached hydrogens (tertiary/aromatic N) is 1. The van der Waals surface area contributed by atoms with Crippen LogP contribution in [0.2, 0.25) is 0 Å². The van der Waals surface area contributed by atoms with Gasteiger partial charge < -0.3 is 16.5 Å². The molecule has 0 aliphatic rings. The largest absolute Gasteiger partial charge is 0.396 e. The number of anilines is 2. The molecule has 0 spiro atoms. The number of fused-ring (bicyclic) bond motifs is 3. The maximum atomic E-state index is 5.74. The van der Waals surface area contributed by atoms with Crippen molar-refractivity contribution < 1.29 is 0 Å². The Morgan fingerprint density at radius 2 is 2.00 bits per heavy atom. The quantitative estimate of drug-likeness (QED) is 0.516. The van der Waals surface area contributed by atoms with Gasteiger partial charge in [0.1, 0.15) is 5.82 Å². The second-order valence-electron chi connectivity index (χ2n) is 3.55. The van der Waals surface area contributed by atoms with E-state index in [1.807, 2.05) is 24.3 Å². The number of nitrogens with one attached hydrogen (secondary N) is 1. The van der Waals surface area contributed by atoms with Crippen molar-refractivity contribution in [1.29, 1.82) is 0 Å². The van der Waals surface area contributed by atoms with E-state index in [4.69, 9.17) is 11.5 Å². The third-order valence-corrected chi connectivity index (χ3v) is 2.59. The molecule has 0 atom stereocenters. The molecule has 2 aromatic heterocycles. The highest BCUT2D eigenvalue weighted by Crippen LogP contribution is 2.26. The van der Waals surface area contributed by atoms with E-state index < -0.39 is 0 Å². The van der Waals surface area contributed by atoms with Crippen LogP contribution in [0.15, 0.2) is 30.5 Å². The van der Waals surface area contributed by atoms with Crippen molar-refractivity contribution in [3.05, 3.63) is 30.5 Å². The Hall–Kier alpha value is -2.23. The predicted molar refractivity (Wildman–Crippen MR) is 62.4 cm³/mol. The lowest BCUT2D eigenvalue weighted by molar-refractivity contribution is 1.43. The van der Waals surface area contributed by atoms with Crippen molar-refractivity contribution in [2.24, 2.45) is 0 Å². The highest BCUT2D eigenvalue weighted by atomic mass is 14.9. The molecule has 0 fully saturated rings. The average molecular weight is 198 g/mol. The van der Waals surface area contributed by atoms with Gasteiger partial charge in [0.05, 0.1) is 16.7 Å². The monoisotopic (exact) mass is 198 g/mol. The number of pyridine rings is 1. The third kappa shape index (κ3) is 1.05. The third-order valence-electron chi connectivity index (χ3n) is 2.59. The lowest BCUT2D eigenvalue weighted by Crippen LogP contribution is -1.97. The first-order valence-electron chi connectivity index (χ1n) is 4.67. The van der Waals surface area contributed by atoms with Crippen LogP contribution in [0.5, 0.6) is 0 Å². The molecule has 3 rings (SSSR count). The Labute approximate surface area is 85.9 Å². The van der Waals surface area contributed by atoms with Crippen molar-refractivity contribution in [3.8, 4) is 0 Å². The molecule has 0 bridgehead atoms. The number of benzene rings is 1.